The van der Waals surface area contributed by atoms with Gasteiger partial charge in [0.05, 0.1) is 11.8 Å². The van der Waals surface area contributed by atoms with Gasteiger partial charge in [-0.2, -0.15) is 18.3 Å². The molecule has 0 saturated carbocycles. The Kier molecular flexibility index (Phi) is 3.65. The van der Waals surface area contributed by atoms with E-state index in [0.717, 1.165) is 12.3 Å². The highest BCUT2D eigenvalue weighted by atomic mass is 19.4. The normalized spacial score (nSPS) is 11.8. The van der Waals surface area contributed by atoms with Gasteiger partial charge in [-0.25, -0.2) is 5.43 Å². The van der Waals surface area contributed by atoms with Gasteiger partial charge in [-0.3, -0.25) is 4.79 Å². The second kappa shape index (κ2) is 4.78. The van der Waals surface area contributed by atoms with Crippen LogP contribution >= 0.6 is 0 Å². The number of carbonyl (C=O) groups excluding carboxylic acids is 1. The Hall–Kier alpha value is -1.85. The van der Waals surface area contributed by atoms with Crippen LogP contribution in [0.25, 0.3) is 0 Å². The molecule has 0 fully saturated rings. The van der Waals surface area contributed by atoms with Crippen molar-refractivity contribution < 1.29 is 18.0 Å². The number of aryl methyl sites for hydroxylation is 1. The molecule has 0 bridgehead atoms. The molecule has 0 radical (unpaired) electrons. The van der Waals surface area contributed by atoms with Gasteiger partial charge in [0.2, 0.25) is 6.41 Å². The predicted molar refractivity (Wildman–Crippen MR) is 53.0 cm³/mol. The Labute approximate surface area is 90.0 Å². The highest BCUT2D eigenvalue weighted by molar-refractivity contribution is 5.80. The summed E-state index contributed by atoms with van der Waals surface area (Å²) in [5.41, 5.74) is 1.69. The van der Waals surface area contributed by atoms with Crippen molar-refractivity contribution in [3.63, 3.8) is 0 Å². The molecule has 0 unspecified atom stereocenters. The van der Waals surface area contributed by atoms with Crippen LogP contribution in [0.2, 0.25) is 0 Å². The lowest BCUT2D eigenvalue weighted by Crippen LogP contribution is -2.08. The lowest BCUT2D eigenvalue weighted by atomic mass is 10.1. The van der Waals surface area contributed by atoms with E-state index in [9.17, 15) is 18.0 Å². The van der Waals surface area contributed by atoms with E-state index < -0.39 is 11.7 Å². The number of nitrogens with one attached hydrogen (secondary N) is 1. The number of hydrazone groups is 1. The molecular formula is C10H9F3N2O. The summed E-state index contributed by atoms with van der Waals surface area (Å²) in [5, 5.41) is 3.40. The van der Waals surface area contributed by atoms with E-state index in [0.29, 0.717) is 6.41 Å². The lowest BCUT2D eigenvalue weighted by Gasteiger charge is -2.10. The third kappa shape index (κ3) is 3.08. The Morgan fingerprint density at radius 1 is 1.38 bits per heavy atom. The van der Waals surface area contributed by atoms with Crippen LogP contribution in [0.3, 0.4) is 0 Å². The molecule has 3 nitrogen and oxygen atoms in total. The van der Waals surface area contributed by atoms with Crippen molar-refractivity contribution in [1.29, 1.82) is 0 Å². The molecule has 0 aliphatic heterocycles. The summed E-state index contributed by atoms with van der Waals surface area (Å²) in [5.74, 6) is 0. The SMILES string of the molecule is Cc1ccc(/C=N/NC=O)cc1C(F)(F)F. The summed E-state index contributed by atoms with van der Waals surface area (Å²) < 4.78 is 37.5. The van der Waals surface area contributed by atoms with E-state index in [4.69, 9.17) is 0 Å². The minimum Gasteiger partial charge on any atom is -0.277 e. The molecular weight excluding hydrogens is 221 g/mol. The first-order valence-electron chi connectivity index (χ1n) is 4.35. The number of hydrogen-bond acceptors (Lipinski definition) is 2. The zero-order valence-electron chi connectivity index (χ0n) is 8.38. The number of carbonyl (C=O) groups is 1. The van der Waals surface area contributed by atoms with Gasteiger partial charge in [0, 0.05) is 0 Å². The number of hydrogen-bond donors (Lipinski definition) is 1. The van der Waals surface area contributed by atoms with Crippen LogP contribution in [0, 0.1) is 6.92 Å². The molecule has 1 aromatic carbocycles. The predicted octanol–water partition coefficient (Wildman–Crippen LogP) is 2.09. The summed E-state index contributed by atoms with van der Waals surface area (Å²) >= 11 is 0. The van der Waals surface area contributed by atoms with E-state index >= 15 is 0 Å². The standard InChI is InChI=1S/C10H9F3N2O/c1-7-2-3-8(5-14-15-6-16)4-9(7)10(11,12)13/h2-6H,1H3,(H,15,16)/b14-5+. The van der Waals surface area contributed by atoms with Crippen molar-refractivity contribution in [1.82, 2.24) is 5.43 Å². The number of rotatable bonds is 3. The van der Waals surface area contributed by atoms with E-state index in [2.05, 4.69) is 5.10 Å². The maximum Gasteiger partial charge on any atom is 0.416 e. The van der Waals surface area contributed by atoms with Crippen LogP contribution in [0.15, 0.2) is 23.3 Å². The number of alkyl halides is 3. The molecule has 1 rings (SSSR count). The molecule has 1 N–H and O–H groups in total. The first-order valence-corrected chi connectivity index (χ1v) is 4.35. The molecule has 0 aliphatic carbocycles. The summed E-state index contributed by atoms with van der Waals surface area (Å²) in [7, 11) is 0. The highest BCUT2D eigenvalue weighted by Crippen LogP contribution is 2.31. The van der Waals surface area contributed by atoms with Crippen molar-refractivity contribution in [2.75, 3.05) is 0 Å². The number of halogens is 3. The Morgan fingerprint density at radius 3 is 2.62 bits per heavy atom. The van der Waals surface area contributed by atoms with Gasteiger partial charge in [0.15, 0.2) is 0 Å². The smallest absolute Gasteiger partial charge is 0.277 e. The quantitative estimate of drug-likeness (QED) is 0.482. The molecule has 1 amide bonds. The van der Waals surface area contributed by atoms with Crippen molar-refractivity contribution >= 4 is 12.6 Å². The van der Waals surface area contributed by atoms with Crippen LogP contribution in [-0.2, 0) is 11.0 Å². The largest absolute Gasteiger partial charge is 0.416 e. The molecule has 6 heteroatoms. The van der Waals surface area contributed by atoms with E-state index in [-0.39, 0.29) is 11.1 Å². The van der Waals surface area contributed by atoms with Gasteiger partial charge in [-0.1, -0.05) is 12.1 Å². The zero-order chi connectivity index (χ0) is 12.2. The molecule has 0 heterocycles. The lowest BCUT2D eigenvalue weighted by molar-refractivity contribution is -0.138. The minimum absolute atomic E-state index is 0.146. The van der Waals surface area contributed by atoms with E-state index in [1.807, 2.05) is 5.43 Å². The van der Waals surface area contributed by atoms with Crippen molar-refractivity contribution in [2.24, 2.45) is 5.10 Å². The van der Waals surface area contributed by atoms with E-state index in [1.54, 1.807) is 0 Å². The zero-order valence-corrected chi connectivity index (χ0v) is 8.38. The summed E-state index contributed by atoms with van der Waals surface area (Å²) in [4.78, 5) is 9.87. The van der Waals surface area contributed by atoms with Gasteiger partial charge in [-0.15, -0.1) is 0 Å². The van der Waals surface area contributed by atoms with Crippen LogP contribution in [0.4, 0.5) is 13.2 Å². The second-order valence-electron chi connectivity index (χ2n) is 3.08. The van der Waals surface area contributed by atoms with Crippen LogP contribution in [-0.4, -0.2) is 12.6 Å². The Balaban J connectivity index is 3.03. The third-order valence-electron chi connectivity index (χ3n) is 1.91. The van der Waals surface area contributed by atoms with Crippen molar-refractivity contribution in [3.05, 3.63) is 34.9 Å². The number of amides is 1. The molecule has 0 aromatic heterocycles. The van der Waals surface area contributed by atoms with Gasteiger partial charge in [0.1, 0.15) is 0 Å². The molecule has 0 saturated heterocycles. The molecule has 86 valence electrons. The summed E-state index contributed by atoms with van der Waals surface area (Å²) in [6, 6.07) is 3.82. The molecule has 0 spiro atoms. The van der Waals surface area contributed by atoms with Gasteiger partial charge in [0.25, 0.3) is 0 Å². The monoisotopic (exact) mass is 230 g/mol. The highest BCUT2D eigenvalue weighted by Gasteiger charge is 2.32. The summed E-state index contributed by atoms with van der Waals surface area (Å²) in [6.07, 6.45) is -2.91. The fourth-order valence-electron chi connectivity index (χ4n) is 1.17. The maximum atomic E-state index is 12.5. The first-order chi connectivity index (χ1) is 7.45. The topological polar surface area (TPSA) is 41.5 Å². The third-order valence-corrected chi connectivity index (χ3v) is 1.91. The fourth-order valence-corrected chi connectivity index (χ4v) is 1.17. The molecule has 0 atom stereocenters. The van der Waals surface area contributed by atoms with Crippen LogP contribution in [0.5, 0.6) is 0 Å². The molecule has 1 aromatic rings. The second-order valence-corrected chi connectivity index (χ2v) is 3.08. The van der Waals surface area contributed by atoms with Crippen molar-refractivity contribution in [2.45, 2.75) is 13.1 Å². The average molecular weight is 230 g/mol. The van der Waals surface area contributed by atoms with Gasteiger partial charge >= 0.3 is 6.18 Å². The average Bonchev–Trinajstić information content (AvgIpc) is 2.19. The van der Waals surface area contributed by atoms with Crippen LogP contribution in [0.1, 0.15) is 16.7 Å². The fraction of sp³-hybridized carbons (Fsp3) is 0.200. The maximum absolute atomic E-state index is 12.5. The summed E-state index contributed by atoms with van der Waals surface area (Å²) in [6.45, 7) is 1.38. The first kappa shape index (κ1) is 12.2. The number of nitrogens with zero attached hydrogens (tertiary/aromatic N) is 1. The van der Waals surface area contributed by atoms with Crippen molar-refractivity contribution in [3.8, 4) is 0 Å². The molecule has 0 aliphatic rings. The van der Waals surface area contributed by atoms with Crippen LogP contribution < -0.4 is 5.43 Å². The van der Waals surface area contributed by atoms with Gasteiger partial charge in [-0.05, 0) is 24.1 Å². The Bertz CT molecular complexity index is 413. The van der Waals surface area contributed by atoms with E-state index in [1.165, 1.54) is 19.1 Å². The van der Waals surface area contributed by atoms with Gasteiger partial charge < -0.3 is 0 Å². The molecule has 16 heavy (non-hydrogen) atoms. The Morgan fingerprint density at radius 2 is 2.06 bits per heavy atom. The number of benzene rings is 1. The minimum atomic E-state index is -4.38.